The molecule has 0 aromatic rings. The predicted octanol–water partition coefficient (Wildman–Crippen LogP) is -0.0408. The number of amides is 2. The first-order valence-corrected chi connectivity index (χ1v) is 4.84. The molecule has 0 heterocycles. The van der Waals surface area contributed by atoms with Crippen LogP contribution in [-0.4, -0.2) is 31.6 Å². The first kappa shape index (κ1) is 13.6. The summed E-state index contributed by atoms with van der Waals surface area (Å²) in [5.41, 5.74) is 5.14. The molecule has 0 aromatic heterocycles. The number of hydrogen-bond acceptors (Lipinski definition) is 3. The maximum absolute atomic E-state index is 11.0. The monoisotopic (exact) mass is 214 g/mol. The second-order valence-corrected chi connectivity index (χ2v) is 3.04. The smallest absolute Gasteiger partial charge is 0.240 e. The van der Waals surface area contributed by atoms with Gasteiger partial charge in [-0.05, 0) is 6.42 Å². The molecule has 2 amide bonds. The lowest BCUT2D eigenvalue weighted by molar-refractivity contribution is -0.127. The van der Waals surface area contributed by atoms with E-state index in [9.17, 15) is 9.59 Å². The highest BCUT2D eigenvalue weighted by Crippen LogP contribution is 1.94. The van der Waals surface area contributed by atoms with Gasteiger partial charge in [0.05, 0.1) is 6.61 Å². The van der Waals surface area contributed by atoms with Gasteiger partial charge in [-0.3, -0.25) is 9.59 Å². The van der Waals surface area contributed by atoms with Crippen LogP contribution < -0.4 is 11.1 Å². The Hall–Kier alpha value is -1.36. The normalized spacial score (nSPS) is 12.7. The first-order chi connectivity index (χ1) is 7.11. The van der Waals surface area contributed by atoms with Crippen LogP contribution in [0.4, 0.5) is 0 Å². The van der Waals surface area contributed by atoms with Gasteiger partial charge >= 0.3 is 0 Å². The molecule has 5 nitrogen and oxygen atoms in total. The molecule has 0 aliphatic carbocycles. The molecular weight excluding hydrogens is 196 g/mol. The summed E-state index contributed by atoms with van der Waals surface area (Å²) in [6, 6.07) is -0.634. The molecule has 0 fully saturated rings. The molecule has 15 heavy (non-hydrogen) atoms. The number of primary amides is 1. The molecule has 0 spiro atoms. The van der Waals surface area contributed by atoms with E-state index in [2.05, 4.69) is 5.32 Å². The van der Waals surface area contributed by atoms with Crippen LogP contribution in [0.3, 0.4) is 0 Å². The van der Waals surface area contributed by atoms with Gasteiger partial charge in [0, 0.05) is 13.5 Å². The van der Waals surface area contributed by atoms with E-state index in [1.54, 1.807) is 26.2 Å². The van der Waals surface area contributed by atoms with Gasteiger partial charge in [-0.25, -0.2) is 0 Å². The lowest BCUT2D eigenvalue weighted by atomic mass is 10.2. The van der Waals surface area contributed by atoms with Crippen molar-refractivity contribution < 1.29 is 14.3 Å². The number of carbonyl (C=O) groups is 2. The van der Waals surface area contributed by atoms with Gasteiger partial charge in [0.1, 0.15) is 6.04 Å². The van der Waals surface area contributed by atoms with Gasteiger partial charge < -0.3 is 15.8 Å². The van der Waals surface area contributed by atoms with Crippen molar-refractivity contribution in [1.82, 2.24) is 5.32 Å². The van der Waals surface area contributed by atoms with E-state index < -0.39 is 11.9 Å². The van der Waals surface area contributed by atoms with Crippen molar-refractivity contribution in [2.75, 3.05) is 13.7 Å². The zero-order valence-electron chi connectivity index (χ0n) is 9.16. The second-order valence-electron chi connectivity index (χ2n) is 3.04. The highest BCUT2D eigenvalue weighted by molar-refractivity contribution is 5.86. The van der Waals surface area contributed by atoms with Crippen LogP contribution >= 0.6 is 0 Å². The van der Waals surface area contributed by atoms with Gasteiger partial charge in [0.2, 0.25) is 11.8 Å². The van der Waals surface area contributed by atoms with E-state index in [0.717, 1.165) is 0 Å². The summed E-state index contributed by atoms with van der Waals surface area (Å²) in [6.07, 6.45) is 4.26. The van der Waals surface area contributed by atoms with Crippen molar-refractivity contribution in [3.05, 3.63) is 12.2 Å². The summed E-state index contributed by atoms with van der Waals surface area (Å²) in [5, 5.41) is 2.54. The molecule has 0 bridgehead atoms. The van der Waals surface area contributed by atoms with Gasteiger partial charge in [-0.2, -0.15) is 0 Å². The number of hydrogen-bond donors (Lipinski definition) is 2. The molecule has 0 saturated heterocycles. The molecule has 5 heteroatoms. The molecule has 3 N–H and O–H groups in total. The zero-order chi connectivity index (χ0) is 11.7. The minimum atomic E-state index is -0.634. The van der Waals surface area contributed by atoms with E-state index >= 15 is 0 Å². The summed E-state index contributed by atoms with van der Waals surface area (Å²) in [5.74, 6) is -0.710. The molecule has 0 aliphatic rings. The maximum Gasteiger partial charge on any atom is 0.240 e. The molecular formula is C10H18N2O3. The number of nitrogens with two attached hydrogens (primary N) is 1. The van der Waals surface area contributed by atoms with Gasteiger partial charge in [-0.15, -0.1) is 0 Å². The Morgan fingerprint density at radius 2 is 2.13 bits per heavy atom. The van der Waals surface area contributed by atoms with E-state index in [0.29, 0.717) is 19.4 Å². The zero-order valence-corrected chi connectivity index (χ0v) is 9.16. The summed E-state index contributed by atoms with van der Waals surface area (Å²) in [6.45, 7) is 2.20. The Morgan fingerprint density at radius 1 is 1.47 bits per heavy atom. The van der Waals surface area contributed by atoms with Crippen molar-refractivity contribution in [3.63, 3.8) is 0 Å². The fraction of sp³-hybridized carbons (Fsp3) is 0.600. The Balaban J connectivity index is 4.05. The lowest BCUT2D eigenvalue weighted by Crippen LogP contribution is -2.43. The second kappa shape index (κ2) is 7.99. The minimum absolute atomic E-state index is 0.182. The predicted molar refractivity (Wildman–Crippen MR) is 57.0 cm³/mol. The molecule has 0 radical (unpaired) electrons. The minimum Gasteiger partial charge on any atom is -0.381 e. The van der Waals surface area contributed by atoms with Gasteiger partial charge in [0.15, 0.2) is 0 Å². The largest absolute Gasteiger partial charge is 0.381 e. The number of ether oxygens (including phenoxy) is 1. The topological polar surface area (TPSA) is 81.4 Å². The Kier molecular flexibility index (Phi) is 7.27. The Morgan fingerprint density at radius 3 is 2.60 bits per heavy atom. The van der Waals surface area contributed by atoms with E-state index in [1.807, 2.05) is 0 Å². The van der Waals surface area contributed by atoms with Crippen molar-refractivity contribution in [2.24, 2.45) is 5.73 Å². The van der Waals surface area contributed by atoms with Gasteiger partial charge in [0.25, 0.3) is 0 Å². The Bertz CT molecular complexity index is 239. The standard InChI is InChI=1S/C10H18N2O3/c1-3-9(13)12-8(10(11)14)6-4-5-7-15-2/h4-5,8H,3,6-7H2,1-2H3,(H2,11,14)(H,12,13). The quantitative estimate of drug-likeness (QED) is 0.583. The molecule has 0 saturated carbocycles. The number of methoxy groups -OCH3 is 1. The highest BCUT2D eigenvalue weighted by Gasteiger charge is 2.14. The van der Waals surface area contributed by atoms with Crippen molar-refractivity contribution in [3.8, 4) is 0 Å². The van der Waals surface area contributed by atoms with Crippen LogP contribution in [0.5, 0.6) is 0 Å². The first-order valence-electron chi connectivity index (χ1n) is 4.84. The summed E-state index contributed by atoms with van der Waals surface area (Å²) >= 11 is 0. The fourth-order valence-electron chi connectivity index (χ4n) is 0.939. The van der Waals surface area contributed by atoms with Crippen molar-refractivity contribution >= 4 is 11.8 Å². The molecule has 86 valence electrons. The number of carbonyl (C=O) groups excluding carboxylic acids is 2. The van der Waals surface area contributed by atoms with E-state index in [-0.39, 0.29) is 5.91 Å². The van der Waals surface area contributed by atoms with E-state index in [1.165, 1.54) is 0 Å². The molecule has 0 aromatic carbocycles. The maximum atomic E-state index is 11.0. The average molecular weight is 214 g/mol. The number of nitrogens with one attached hydrogen (secondary N) is 1. The molecule has 0 rings (SSSR count). The summed E-state index contributed by atoms with van der Waals surface area (Å²) < 4.78 is 4.80. The van der Waals surface area contributed by atoms with Crippen LogP contribution in [0, 0.1) is 0 Å². The third-order valence-corrected chi connectivity index (χ3v) is 1.80. The summed E-state index contributed by atoms with van der Waals surface area (Å²) in [7, 11) is 1.58. The SMILES string of the molecule is CCC(=O)NC(CC=CCOC)C(N)=O. The average Bonchev–Trinajstić information content (AvgIpc) is 2.21. The van der Waals surface area contributed by atoms with Crippen LogP contribution in [0.25, 0.3) is 0 Å². The van der Waals surface area contributed by atoms with Crippen molar-refractivity contribution in [1.29, 1.82) is 0 Å². The molecule has 1 unspecified atom stereocenters. The van der Waals surface area contributed by atoms with Crippen LogP contribution in [0.1, 0.15) is 19.8 Å². The Labute approximate surface area is 89.7 Å². The molecule has 0 aliphatic heterocycles. The van der Waals surface area contributed by atoms with E-state index in [4.69, 9.17) is 10.5 Å². The highest BCUT2D eigenvalue weighted by atomic mass is 16.5. The van der Waals surface area contributed by atoms with Crippen LogP contribution in [0.15, 0.2) is 12.2 Å². The third-order valence-electron chi connectivity index (χ3n) is 1.80. The van der Waals surface area contributed by atoms with Crippen LogP contribution in [-0.2, 0) is 14.3 Å². The number of rotatable bonds is 7. The molecule has 1 atom stereocenters. The summed E-state index contributed by atoms with van der Waals surface area (Å²) in [4.78, 5) is 22.0. The third kappa shape index (κ3) is 6.68. The lowest BCUT2D eigenvalue weighted by Gasteiger charge is -2.12. The van der Waals surface area contributed by atoms with Crippen LogP contribution in [0.2, 0.25) is 0 Å². The fourth-order valence-corrected chi connectivity index (χ4v) is 0.939. The van der Waals surface area contributed by atoms with Crippen molar-refractivity contribution in [2.45, 2.75) is 25.8 Å². The van der Waals surface area contributed by atoms with Gasteiger partial charge in [-0.1, -0.05) is 19.1 Å².